The Labute approximate surface area is 82.9 Å². The first-order valence-corrected chi connectivity index (χ1v) is 3.70. The maximum atomic E-state index is 10.6. The standard InChI is InChI=1S/C8H4N2O5/c11-5-4-6-2-1-3-7(9(12)13)8(6)10(14)15/h1-4H. The van der Waals surface area contributed by atoms with E-state index in [0.717, 1.165) is 12.1 Å². The lowest BCUT2D eigenvalue weighted by molar-refractivity contribution is -0.422. The average Bonchev–Trinajstić information content (AvgIpc) is 2.17. The van der Waals surface area contributed by atoms with Gasteiger partial charge in [-0.1, -0.05) is 6.07 Å². The minimum atomic E-state index is -0.901. The van der Waals surface area contributed by atoms with Crippen LogP contribution in [0.25, 0.3) is 6.08 Å². The second-order valence-electron chi connectivity index (χ2n) is 2.49. The van der Waals surface area contributed by atoms with Crippen LogP contribution in [0.5, 0.6) is 0 Å². The maximum absolute atomic E-state index is 10.6. The number of nitro groups is 2. The van der Waals surface area contributed by atoms with Gasteiger partial charge in [-0.15, -0.1) is 0 Å². The van der Waals surface area contributed by atoms with Gasteiger partial charge in [-0.05, 0) is 6.07 Å². The van der Waals surface area contributed by atoms with Gasteiger partial charge in [0.15, 0.2) is 0 Å². The van der Waals surface area contributed by atoms with E-state index >= 15 is 0 Å². The molecule has 0 fully saturated rings. The molecule has 0 radical (unpaired) electrons. The fourth-order valence-electron chi connectivity index (χ4n) is 1.07. The van der Waals surface area contributed by atoms with Crippen LogP contribution in [-0.4, -0.2) is 15.8 Å². The molecule has 0 saturated heterocycles. The number of hydrogen-bond donors (Lipinski definition) is 0. The number of hydrogen-bond acceptors (Lipinski definition) is 5. The Hall–Kier alpha value is -2.53. The summed E-state index contributed by atoms with van der Waals surface area (Å²) >= 11 is 0. The van der Waals surface area contributed by atoms with Crippen molar-refractivity contribution in [1.29, 1.82) is 0 Å². The fourth-order valence-corrected chi connectivity index (χ4v) is 1.07. The van der Waals surface area contributed by atoms with Gasteiger partial charge < -0.3 is 0 Å². The summed E-state index contributed by atoms with van der Waals surface area (Å²) < 4.78 is 0. The molecule has 0 unspecified atom stereocenters. The summed E-state index contributed by atoms with van der Waals surface area (Å²) in [6.07, 6.45) is 0.783. The lowest BCUT2D eigenvalue weighted by Crippen LogP contribution is -1.98. The van der Waals surface area contributed by atoms with E-state index in [1.165, 1.54) is 18.1 Å². The van der Waals surface area contributed by atoms with E-state index in [9.17, 15) is 25.0 Å². The third-order valence-corrected chi connectivity index (χ3v) is 1.64. The van der Waals surface area contributed by atoms with Crippen LogP contribution in [0.1, 0.15) is 5.56 Å². The molecule has 0 bridgehead atoms. The summed E-state index contributed by atoms with van der Waals surface area (Å²) in [5.41, 5.74) is -1.49. The third kappa shape index (κ3) is 2.04. The first-order chi connectivity index (χ1) is 7.07. The Morgan fingerprint density at radius 1 is 1.20 bits per heavy atom. The summed E-state index contributed by atoms with van der Waals surface area (Å²) in [6, 6.07) is 3.49. The third-order valence-electron chi connectivity index (χ3n) is 1.64. The summed E-state index contributed by atoms with van der Waals surface area (Å²) in [6.45, 7) is 0. The molecular weight excluding hydrogens is 204 g/mol. The molecule has 7 nitrogen and oxygen atoms in total. The van der Waals surface area contributed by atoms with Gasteiger partial charge in [-0.2, -0.15) is 0 Å². The Kier molecular flexibility index (Phi) is 2.90. The predicted molar refractivity (Wildman–Crippen MR) is 49.9 cm³/mol. The number of nitro benzene ring substituents is 2. The largest absolute Gasteiger partial charge is 0.353 e. The zero-order valence-electron chi connectivity index (χ0n) is 7.25. The molecule has 0 saturated carbocycles. The smallest absolute Gasteiger partial charge is 0.258 e. The fraction of sp³-hybridized carbons (Fsp3) is 0. The lowest BCUT2D eigenvalue weighted by Gasteiger charge is -1.96. The molecular formula is C8H4N2O5. The van der Waals surface area contributed by atoms with Crippen LogP contribution in [0.15, 0.2) is 18.2 Å². The van der Waals surface area contributed by atoms with E-state index in [-0.39, 0.29) is 5.56 Å². The normalized spacial score (nSPS) is 9.07. The number of para-hydroxylation sites is 1. The van der Waals surface area contributed by atoms with Gasteiger partial charge in [0.25, 0.3) is 0 Å². The second-order valence-corrected chi connectivity index (χ2v) is 2.49. The highest BCUT2D eigenvalue weighted by Gasteiger charge is 2.26. The number of carbonyl (C=O) groups excluding carboxylic acids is 1. The molecule has 0 heterocycles. The summed E-state index contributed by atoms with van der Waals surface area (Å²) in [7, 11) is 0. The quantitative estimate of drug-likeness (QED) is 0.423. The van der Waals surface area contributed by atoms with Crippen LogP contribution in [0.3, 0.4) is 0 Å². The van der Waals surface area contributed by atoms with Gasteiger partial charge in [0.1, 0.15) is 5.94 Å². The minimum Gasteiger partial charge on any atom is -0.258 e. The summed E-state index contributed by atoms with van der Waals surface area (Å²) in [5, 5.41) is 21.0. The Morgan fingerprint density at radius 3 is 2.33 bits per heavy atom. The Bertz CT molecular complexity index is 456. The first kappa shape index (κ1) is 10.6. The summed E-state index contributed by atoms with van der Waals surface area (Å²) in [5.74, 6) is 1.34. The second kappa shape index (κ2) is 4.12. The van der Waals surface area contributed by atoms with E-state index in [4.69, 9.17) is 0 Å². The number of rotatable bonds is 3. The van der Waals surface area contributed by atoms with Crippen molar-refractivity contribution in [3.8, 4) is 0 Å². The zero-order valence-corrected chi connectivity index (χ0v) is 7.25. The van der Waals surface area contributed by atoms with Gasteiger partial charge in [-0.25, -0.2) is 4.79 Å². The molecule has 1 aromatic rings. The van der Waals surface area contributed by atoms with Crippen molar-refractivity contribution in [3.63, 3.8) is 0 Å². The van der Waals surface area contributed by atoms with E-state index in [1.54, 1.807) is 0 Å². The zero-order chi connectivity index (χ0) is 11.4. The molecule has 76 valence electrons. The molecule has 0 spiro atoms. The van der Waals surface area contributed by atoms with Crippen LogP contribution < -0.4 is 0 Å². The molecule has 0 aliphatic rings. The van der Waals surface area contributed by atoms with E-state index < -0.39 is 21.2 Å². The molecule has 7 heteroatoms. The maximum Gasteiger partial charge on any atom is 0.353 e. The van der Waals surface area contributed by atoms with Crippen LogP contribution in [0.2, 0.25) is 0 Å². The lowest BCUT2D eigenvalue weighted by atomic mass is 10.1. The highest BCUT2D eigenvalue weighted by molar-refractivity contribution is 5.81. The monoisotopic (exact) mass is 208 g/mol. The van der Waals surface area contributed by atoms with E-state index in [1.807, 2.05) is 0 Å². The molecule has 1 rings (SSSR count). The van der Waals surface area contributed by atoms with Gasteiger partial charge in [0, 0.05) is 12.1 Å². The van der Waals surface area contributed by atoms with Crippen LogP contribution in [0, 0.1) is 20.2 Å². The van der Waals surface area contributed by atoms with Crippen molar-refractivity contribution >= 4 is 23.4 Å². The molecule has 0 aromatic heterocycles. The van der Waals surface area contributed by atoms with E-state index in [2.05, 4.69) is 0 Å². The van der Waals surface area contributed by atoms with Gasteiger partial charge >= 0.3 is 11.4 Å². The van der Waals surface area contributed by atoms with Crippen molar-refractivity contribution in [3.05, 3.63) is 44.0 Å². The molecule has 15 heavy (non-hydrogen) atoms. The van der Waals surface area contributed by atoms with Crippen LogP contribution >= 0.6 is 0 Å². The molecule has 1 aromatic carbocycles. The number of nitrogens with zero attached hydrogens (tertiary/aromatic N) is 2. The molecule has 0 atom stereocenters. The van der Waals surface area contributed by atoms with Crippen molar-refractivity contribution in [2.75, 3.05) is 0 Å². The SMILES string of the molecule is O=C=Cc1cccc([N+](=O)[O-])c1[N+](=O)[O-]. The highest BCUT2D eigenvalue weighted by Crippen LogP contribution is 2.30. The minimum absolute atomic E-state index is 0.135. The van der Waals surface area contributed by atoms with Gasteiger partial charge in [-0.3, -0.25) is 20.2 Å². The molecule has 0 amide bonds. The number of benzene rings is 1. The van der Waals surface area contributed by atoms with Gasteiger partial charge in [0.05, 0.1) is 15.4 Å². The highest BCUT2D eigenvalue weighted by atomic mass is 16.6. The Morgan fingerprint density at radius 2 is 1.87 bits per heavy atom. The molecule has 0 aliphatic carbocycles. The van der Waals surface area contributed by atoms with Crippen molar-refractivity contribution in [1.82, 2.24) is 0 Å². The first-order valence-electron chi connectivity index (χ1n) is 3.70. The molecule has 0 aliphatic heterocycles. The van der Waals surface area contributed by atoms with Crippen LogP contribution in [-0.2, 0) is 4.79 Å². The predicted octanol–water partition coefficient (Wildman–Crippen LogP) is 1.35. The van der Waals surface area contributed by atoms with Crippen molar-refractivity contribution in [2.45, 2.75) is 0 Å². The van der Waals surface area contributed by atoms with Gasteiger partial charge in [0.2, 0.25) is 0 Å². The van der Waals surface area contributed by atoms with E-state index in [0.29, 0.717) is 0 Å². The topological polar surface area (TPSA) is 103 Å². The van der Waals surface area contributed by atoms with Crippen molar-refractivity contribution in [2.24, 2.45) is 0 Å². The molecule has 0 N–H and O–H groups in total. The Balaban J connectivity index is 3.55. The van der Waals surface area contributed by atoms with Crippen LogP contribution in [0.4, 0.5) is 11.4 Å². The van der Waals surface area contributed by atoms with Crippen molar-refractivity contribution < 1.29 is 14.6 Å². The average molecular weight is 208 g/mol. The summed E-state index contributed by atoms with van der Waals surface area (Å²) in [4.78, 5) is 29.3.